The Morgan fingerprint density at radius 2 is 2.04 bits per heavy atom. The summed E-state index contributed by atoms with van der Waals surface area (Å²) in [7, 11) is 0. The summed E-state index contributed by atoms with van der Waals surface area (Å²) < 4.78 is 6.32. The third-order valence-corrected chi connectivity index (χ3v) is 6.17. The van der Waals surface area contributed by atoms with Crippen molar-refractivity contribution in [2.24, 2.45) is 5.92 Å². The van der Waals surface area contributed by atoms with Gasteiger partial charge in [0, 0.05) is 23.1 Å². The van der Waals surface area contributed by atoms with Crippen LogP contribution in [0.5, 0.6) is 0 Å². The molecule has 1 atom stereocenters. The van der Waals surface area contributed by atoms with Crippen molar-refractivity contribution in [2.45, 2.75) is 18.4 Å². The molecule has 0 aliphatic carbocycles. The number of nitrogens with one attached hydrogen (secondary N) is 1. The van der Waals surface area contributed by atoms with E-state index in [1.54, 1.807) is 6.07 Å². The summed E-state index contributed by atoms with van der Waals surface area (Å²) in [5, 5.41) is 16.2. The molecule has 1 aliphatic heterocycles. The van der Waals surface area contributed by atoms with Gasteiger partial charge in [0.2, 0.25) is 0 Å². The van der Waals surface area contributed by atoms with Crippen LogP contribution in [0.2, 0.25) is 0 Å². The Balaban J connectivity index is 1.78. The van der Waals surface area contributed by atoms with Crippen molar-refractivity contribution in [3.05, 3.63) is 56.7 Å². The van der Waals surface area contributed by atoms with Crippen molar-refractivity contribution in [2.75, 3.05) is 19.8 Å². The van der Waals surface area contributed by atoms with Crippen LogP contribution in [0, 0.1) is 5.92 Å². The van der Waals surface area contributed by atoms with E-state index >= 15 is 0 Å². The normalized spacial score (nSPS) is 18.1. The van der Waals surface area contributed by atoms with E-state index in [1.165, 1.54) is 11.3 Å². The molecule has 0 radical (unpaired) electrons. The molecule has 1 aromatic carbocycles. The molecule has 1 aliphatic rings. The molecule has 1 aromatic heterocycles. The second kappa shape index (κ2) is 7.78. The van der Waals surface area contributed by atoms with Crippen LogP contribution in [0.3, 0.4) is 0 Å². The fraction of sp³-hybridized carbons (Fsp3) is 0.389. The highest BCUT2D eigenvalue weighted by molar-refractivity contribution is 9.10. The van der Waals surface area contributed by atoms with E-state index in [0.29, 0.717) is 18.1 Å². The van der Waals surface area contributed by atoms with Crippen LogP contribution in [0.15, 0.2) is 46.3 Å². The number of carbonyl (C=O) groups is 1. The molecule has 2 heterocycles. The molecule has 2 N–H and O–H groups in total. The van der Waals surface area contributed by atoms with Crippen molar-refractivity contribution >= 4 is 33.2 Å². The molecule has 24 heavy (non-hydrogen) atoms. The first-order valence-electron chi connectivity index (χ1n) is 7.97. The number of carbonyl (C=O) groups excluding carboxylic acids is 1. The molecule has 1 amide bonds. The predicted molar refractivity (Wildman–Crippen MR) is 98.2 cm³/mol. The zero-order chi connectivity index (χ0) is 17.0. The van der Waals surface area contributed by atoms with Gasteiger partial charge in [-0.1, -0.05) is 30.3 Å². The van der Waals surface area contributed by atoms with E-state index in [9.17, 15) is 9.90 Å². The quantitative estimate of drug-likeness (QED) is 0.793. The van der Waals surface area contributed by atoms with Crippen molar-refractivity contribution in [3.63, 3.8) is 0 Å². The van der Waals surface area contributed by atoms with Crippen LogP contribution in [0.4, 0.5) is 0 Å². The van der Waals surface area contributed by atoms with Crippen molar-refractivity contribution in [1.29, 1.82) is 0 Å². The van der Waals surface area contributed by atoms with Gasteiger partial charge >= 0.3 is 0 Å². The lowest BCUT2D eigenvalue weighted by Gasteiger charge is -2.39. The van der Waals surface area contributed by atoms with E-state index in [1.807, 2.05) is 35.7 Å². The van der Waals surface area contributed by atoms with E-state index < -0.39 is 5.60 Å². The van der Waals surface area contributed by atoms with Gasteiger partial charge in [-0.2, -0.15) is 0 Å². The van der Waals surface area contributed by atoms with Crippen molar-refractivity contribution in [1.82, 2.24) is 5.32 Å². The molecule has 2 aromatic rings. The summed E-state index contributed by atoms with van der Waals surface area (Å²) in [4.78, 5) is 13.0. The van der Waals surface area contributed by atoms with Gasteiger partial charge in [0.1, 0.15) is 5.60 Å². The molecule has 0 saturated carbocycles. The van der Waals surface area contributed by atoms with Crippen molar-refractivity contribution in [3.8, 4) is 0 Å². The lowest BCUT2D eigenvalue weighted by Crippen LogP contribution is -2.47. The number of thiophene rings is 1. The second-order valence-electron chi connectivity index (χ2n) is 5.99. The first-order valence-corrected chi connectivity index (χ1v) is 9.65. The van der Waals surface area contributed by atoms with Crippen LogP contribution < -0.4 is 5.32 Å². The average molecular weight is 410 g/mol. The number of ether oxygens (including phenoxy) is 1. The standard InChI is InChI=1S/C18H20BrNO3S/c19-15-10-16(24-11-15)17(21)20-12-18(22,13-4-2-1-3-5-13)14-6-8-23-9-7-14/h1-5,10-11,14,22H,6-9,12H2,(H,20,21)/t18-/m1/s1. The molecule has 3 rings (SSSR count). The summed E-state index contributed by atoms with van der Waals surface area (Å²) in [6, 6.07) is 11.4. The number of benzene rings is 1. The first kappa shape index (κ1) is 17.6. The zero-order valence-electron chi connectivity index (χ0n) is 13.2. The van der Waals surface area contributed by atoms with E-state index in [4.69, 9.17) is 4.74 Å². The molecular formula is C18H20BrNO3S. The van der Waals surface area contributed by atoms with Gasteiger partial charge in [-0.15, -0.1) is 11.3 Å². The number of hydrogen-bond acceptors (Lipinski definition) is 4. The predicted octanol–water partition coefficient (Wildman–Crippen LogP) is 3.55. The van der Waals surface area contributed by atoms with E-state index in [0.717, 1.165) is 22.9 Å². The number of hydrogen-bond donors (Lipinski definition) is 2. The minimum absolute atomic E-state index is 0.0593. The van der Waals surface area contributed by atoms with Gasteiger partial charge in [-0.25, -0.2) is 0 Å². The largest absolute Gasteiger partial charge is 0.383 e. The SMILES string of the molecule is O=C(NC[C@@](O)(c1ccccc1)C1CCOCC1)c1cc(Br)cs1. The van der Waals surface area contributed by atoms with Gasteiger partial charge in [0.15, 0.2) is 0 Å². The first-order chi connectivity index (χ1) is 11.6. The van der Waals surface area contributed by atoms with E-state index in [-0.39, 0.29) is 18.4 Å². The lowest BCUT2D eigenvalue weighted by molar-refractivity contribution is -0.0680. The van der Waals surface area contributed by atoms with Gasteiger partial charge < -0.3 is 15.2 Å². The Hall–Kier alpha value is -1.21. The fourth-order valence-electron chi connectivity index (χ4n) is 3.12. The van der Waals surface area contributed by atoms with E-state index in [2.05, 4.69) is 21.2 Å². The Labute approximate surface area is 154 Å². The molecule has 0 spiro atoms. The second-order valence-corrected chi connectivity index (χ2v) is 7.82. The summed E-state index contributed by atoms with van der Waals surface area (Å²) >= 11 is 4.74. The number of halogens is 1. The highest BCUT2D eigenvalue weighted by Crippen LogP contribution is 2.35. The summed E-state index contributed by atoms with van der Waals surface area (Å²) in [6.07, 6.45) is 1.57. The Morgan fingerprint density at radius 1 is 1.33 bits per heavy atom. The van der Waals surface area contributed by atoms with Crippen LogP contribution in [0.1, 0.15) is 28.1 Å². The molecule has 1 saturated heterocycles. The molecule has 0 bridgehead atoms. The maximum atomic E-state index is 12.4. The van der Waals surface area contributed by atoms with Crippen LogP contribution >= 0.6 is 27.3 Å². The third kappa shape index (κ3) is 3.88. The molecule has 4 nitrogen and oxygen atoms in total. The number of amides is 1. The minimum Gasteiger partial charge on any atom is -0.383 e. The fourth-order valence-corrected chi connectivity index (χ4v) is 4.46. The minimum atomic E-state index is -1.09. The average Bonchev–Trinajstić information content (AvgIpc) is 3.07. The maximum Gasteiger partial charge on any atom is 0.261 e. The summed E-state index contributed by atoms with van der Waals surface area (Å²) in [6.45, 7) is 1.48. The van der Waals surface area contributed by atoms with Crippen molar-refractivity contribution < 1.29 is 14.6 Å². The Morgan fingerprint density at radius 3 is 2.67 bits per heavy atom. The van der Waals surface area contributed by atoms with Crippen LogP contribution in [-0.2, 0) is 10.3 Å². The van der Waals surface area contributed by atoms with Gasteiger partial charge in [0.25, 0.3) is 5.91 Å². The monoisotopic (exact) mass is 409 g/mol. The lowest BCUT2D eigenvalue weighted by atomic mass is 9.77. The van der Waals surface area contributed by atoms with Gasteiger partial charge in [-0.05, 0) is 46.3 Å². The highest BCUT2D eigenvalue weighted by Gasteiger charge is 2.39. The maximum absolute atomic E-state index is 12.4. The smallest absolute Gasteiger partial charge is 0.261 e. The Kier molecular flexibility index (Phi) is 5.71. The summed E-state index contributed by atoms with van der Waals surface area (Å²) in [5.74, 6) is -0.101. The molecule has 0 unspecified atom stereocenters. The zero-order valence-corrected chi connectivity index (χ0v) is 15.6. The van der Waals surface area contributed by atoms with Crippen LogP contribution in [-0.4, -0.2) is 30.8 Å². The van der Waals surface area contributed by atoms with Gasteiger partial charge in [0.05, 0.1) is 11.4 Å². The van der Waals surface area contributed by atoms with Crippen LogP contribution in [0.25, 0.3) is 0 Å². The molecular weight excluding hydrogens is 390 g/mol. The molecule has 1 fully saturated rings. The highest BCUT2D eigenvalue weighted by atomic mass is 79.9. The summed E-state index contributed by atoms with van der Waals surface area (Å²) in [5.41, 5.74) is -0.251. The topological polar surface area (TPSA) is 58.6 Å². The number of rotatable bonds is 5. The third-order valence-electron chi connectivity index (χ3n) is 4.48. The van der Waals surface area contributed by atoms with Gasteiger partial charge in [-0.3, -0.25) is 4.79 Å². The number of aliphatic hydroxyl groups is 1. The molecule has 128 valence electrons. The molecule has 6 heteroatoms. The Bertz CT molecular complexity index is 685.